The standard InChI is InChI=1S/C20H16FN5OS/c1-13-2-8-16(9-3-13)22-18(27)12-28-19-11-10-17-23-24-20(26(17)25-19)14-4-6-15(21)7-5-14/h2-11H,12H2,1H3,(H,22,27). The summed E-state index contributed by atoms with van der Waals surface area (Å²) in [6.45, 7) is 1.99. The first-order valence-corrected chi connectivity index (χ1v) is 9.55. The summed E-state index contributed by atoms with van der Waals surface area (Å²) in [6, 6.07) is 17.2. The van der Waals surface area contributed by atoms with Crippen LogP contribution in [0, 0.1) is 12.7 Å². The number of hydrogen-bond donors (Lipinski definition) is 1. The number of carbonyl (C=O) groups is 1. The molecule has 2 aromatic heterocycles. The van der Waals surface area contributed by atoms with Crippen LogP contribution < -0.4 is 5.32 Å². The van der Waals surface area contributed by atoms with E-state index in [1.54, 1.807) is 28.8 Å². The van der Waals surface area contributed by atoms with Crippen molar-refractivity contribution in [1.82, 2.24) is 19.8 Å². The largest absolute Gasteiger partial charge is 0.325 e. The zero-order chi connectivity index (χ0) is 19.5. The topological polar surface area (TPSA) is 72.2 Å². The Balaban J connectivity index is 1.48. The summed E-state index contributed by atoms with van der Waals surface area (Å²) < 4.78 is 14.7. The van der Waals surface area contributed by atoms with Crippen molar-refractivity contribution in [3.05, 3.63) is 72.0 Å². The number of anilines is 1. The van der Waals surface area contributed by atoms with Gasteiger partial charge in [-0.2, -0.15) is 9.61 Å². The molecule has 8 heteroatoms. The van der Waals surface area contributed by atoms with E-state index >= 15 is 0 Å². The third-order valence-corrected chi connectivity index (χ3v) is 4.95. The highest BCUT2D eigenvalue weighted by Crippen LogP contribution is 2.21. The van der Waals surface area contributed by atoms with E-state index in [0.29, 0.717) is 22.1 Å². The van der Waals surface area contributed by atoms with Gasteiger partial charge in [-0.3, -0.25) is 4.79 Å². The van der Waals surface area contributed by atoms with Crippen LogP contribution in [0.4, 0.5) is 10.1 Å². The van der Waals surface area contributed by atoms with Gasteiger partial charge in [-0.1, -0.05) is 29.5 Å². The van der Waals surface area contributed by atoms with Crippen molar-refractivity contribution in [3.8, 4) is 11.4 Å². The molecular formula is C20H16FN5OS. The molecule has 4 aromatic rings. The van der Waals surface area contributed by atoms with Gasteiger partial charge in [-0.25, -0.2) is 4.39 Å². The Kier molecular flexibility index (Phi) is 5.03. The number of fused-ring (bicyclic) bond motifs is 1. The van der Waals surface area contributed by atoms with Crippen LogP contribution in [0.25, 0.3) is 17.0 Å². The van der Waals surface area contributed by atoms with Gasteiger partial charge in [0.25, 0.3) is 0 Å². The fourth-order valence-corrected chi connectivity index (χ4v) is 3.26. The van der Waals surface area contributed by atoms with Gasteiger partial charge in [-0.15, -0.1) is 10.2 Å². The van der Waals surface area contributed by atoms with Gasteiger partial charge in [0.2, 0.25) is 5.91 Å². The average molecular weight is 393 g/mol. The minimum atomic E-state index is -0.318. The van der Waals surface area contributed by atoms with Crippen LogP contribution in [-0.2, 0) is 4.79 Å². The molecule has 0 atom stereocenters. The van der Waals surface area contributed by atoms with Crippen molar-refractivity contribution in [2.24, 2.45) is 0 Å². The Hall–Kier alpha value is -3.26. The molecule has 6 nitrogen and oxygen atoms in total. The maximum Gasteiger partial charge on any atom is 0.234 e. The van der Waals surface area contributed by atoms with Crippen LogP contribution >= 0.6 is 11.8 Å². The van der Waals surface area contributed by atoms with Crippen molar-refractivity contribution in [1.29, 1.82) is 0 Å². The van der Waals surface area contributed by atoms with E-state index in [9.17, 15) is 9.18 Å². The quantitative estimate of drug-likeness (QED) is 0.520. The first-order chi connectivity index (χ1) is 13.6. The van der Waals surface area contributed by atoms with Gasteiger partial charge in [-0.05, 0) is 55.5 Å². The highest BCUT2D eigenvalue weighted by molar-refractivity contribution is 7.99. The molecule has 0 saturated heterocycles. The number of nitrogens with zero attached hydrogens (tertiary/aromatic N) is 4. The number of aromatic nitrogens is 4. The molecule has 140 valence electrons. The lowest BCUT2D eigenvalue weighted by Gasteiger charge is -2.06. The second-order valence-corrected chi connectivity index (χ2v) is 7.17. The number of hydrogen-bond acceptors (Lipinski definition) is 5. The van der Waals surface area contributed by atoms with Gasteiger partial charge in [0.15, 0.2) is 11.5 Å². The molecule has 0 bridgehead atoms. The number of aryl methyl sites for hydroxylation is 1. The van der Waals surface area contributed by atoms with Crippen LogP contribution in [0.2, 0.25) is 0 Å². The Morgan fingerprint density at radius 3 is 2.54 bits per heavy atom. The SMILES string of the molecule is Cc1ccc(NC(=O)CSc2ccc3nnc(-c4ccc(F)cc4)n3n2)cc1. The zero-order valence-corrected chi connectivity index (χ0v) is 15.8. The van der Waals surface area contributed by atoms with Crippen LogP contribution in [0.5, 0.6) is 0 Å². The van der Waals surface area contributed by atoms with Crippen LogP contribution in [0.15, 0.2) is 65.7 Å². The van der Waals surface area contributed by atoms with Crippen LogP contribution in [0.1, 0.15) is 5.56 Å². The molecule has 2 aromatic carbocycles. The zero-order valence-electron chi connectivity index (χ0n) is 15.0. The summed E-state index contributed by atoms with van der Waals surface area (Å²) in [7, 11) is 0. The number of halogens is 1. The molecule has 0 fully saturated rings. The smallest absolute Gasteiger partial charge is 0.234 e. The molecule has 0 radical (unpaired) electrons. The first-order valence-electron chi connectivity index (χ1n) is 8.56. The van der Waals surface area contributed by atoms with Crippen molar-refractivity contribution in [2.45, 2.75) is 11.9 Å². The van der Waals surface area contributed by atoms with Crippen molar-refractivity contribution < 1.29 is 9.18 Å². The van der Waals surface area contributed by atoms with Crippen molar-refractivity contribution in [3.63, 3.8) is 0 Å². The van der Waals surface area contributed by atoms with Gasteiger partial charge in [0.05, 0.1) is 5.75 Å². The van der Waals surface area contributed by atoms with Gasteiger partial charge in [0.1, 0.15) is 10.8 Å². The summed E-state index contributed by atoms with van der Waals surface area (Å²) in [4.78, 5) is 12.2. The van der Waals surface area contributed by atoms with Gasteiger partial charge < -0.3 is 5.32 Å². The van der Waals surface area contributed by atoms with E-state index in [1.165, 1.54) is 23.9 Å². The first kappa shape index (κ1) is 18.1. The molecule has 0 unspecified atom stereocenters. The lowest BCUT2D eigenvalue weighted by molar-refractivity contribution is -0.113. The summed E-state index contributed by atoms with van der Waals surface area (Å²) in [6.07, 6.45) is 0. The summed E-state index contributed by atoms with van der Waals surface area (Å²) >= 11 is 1.32. The van der Waals surface area contributed by atoms with Crippen LogP contribution in [-0.4, -0.2) is 31.5 Å². The molecular weight excluding hydrogens is 377 g/mol. The highest BCUT2D eigenvalue weighted by Gasteiger charge is 2.11. The molecule has 0 saturated carbocycles. The molecule has 1 amide bonds. The molecule has 4 rings (SSSR count). The van der Waals surface area contributed by atoms with Crippen molar-refractivity contribution in [2.75, 3.05) is 11.1 Å². The fourth-order valence-electron chi connectivity index (χ4n) is 2.60. The maximum absolute atomic E-state index is 13.2. The second kappa shape index (κ2) is 7.77. The number of carbonyl (C=O) groups excluding carboxylic acids is 1. The second-order valence-electron chi connectivity index (χ2n) is 6.17. The minimum Gasteiger partial charge on any atom is -0.325 e. The third-order valence-electron chi connectivity index (χ3n) is 4.03. The maximum atomic E-state index is 13.2. The molecule has 0 aliphatic carbocycles. The molecule has 0 spiro atoms. The number of benzene rings is 2. The fraction of sp³-hybridized carbons (Fsp3) is 0.100. The Morgan fingerprint density at radius 2 is 1.79 bits per heavy atom. The monoisotopic (exact) mass is 393 g/mol. The third kappa shape index (κ3) is 4.01. The number of rotatable bonds is 5. The van der Waals surface area contributed by atoms with E-state index in [2.05, 4.69) is 20.6 Å². The molecule has 2 heterocycles. The summed E-state index contributed by atoms with van der Waals surface area (Å²) in [5, 5.41) is 16.2. The summed E-state index contributed by atoms with van der Waals surface area (Å²) in [5.74, 6) is 0.307. The van der Waals surface area contributed by atoms with E-state index < -0.39 is 0 Å². The van der Waals surface area contributed by atoms with Gasteiger partial charge in [0, 0.05) is 11.3 Å². The van der Waals surface area contributed by atoms with Gasteiger partial charge >= 0.3 is 0 Å². The van der Waals surface area contributed by atoms with E-state index in [1.807, 2.05) is 31.2 Å². The normalized spacial score (nSPS) is 10.9. The lowest BCUT2D eigenvalue weighted by atomic mass is 10.2. The van der Waals surface area contributed by atoms with E-state index in [4.69, 9.17) is 0 Å². The Bertz CT molecular complexity index is 1130. The predicted molar refractivity (Wildman–Crippen MR) is 107 cm³/mol. The Labute approximate surface area is 164 Å². The minimum absolute atomic E-state index is 0.113. The average Bonchev–Trinajstić information content (AvgIpc) is 3.12. The van der Waals surface area contributed by atoms with Crippen LogP contribution in [0.3, 0.4) is 0 Å². The predicted octanol–water partition coefficient (Wildman–Crippen LogP) is 3.97. The molecule has 0 aliphatic rings. The van der Waals surface area contributed by atoms with E-state index in [-0.39, 0.29) is 17.5 Å². The van der Waals surface area contributed by atoms with E-state index in [0.717, 1.165) is 11.3 Å². The lowest BCUT2D eigenvalue weighted by Crippen LogP contribution is -2.14. The number of nitrogens with one attached hydrogen (secondary N) is 1. The number of amides is 1. The highest BCUT2D eigenvalue weighted by atomic mass is 32.2. The number of thioether (sulfide) groups is 1. The van der Waals surface area contributed by atoms with Crippen molar-refractivity contribution >= 4 is 29.0 Å². The molecule has 28 heavy (non-hydrogen) atoms. The molecule has 0 aliphatic heterocycles. The Morgan fingerprint density at radius 1 is 1.04 bits per heavy atom. The molecule has 1 N–H and O–H groups in total. The summed E-state index contributed by atoms with van der Waals surface area (Å²) in [5.41, 5.74) is 3.18.